The molecule has 0 aromatic carbocycles. The van der Waals surface area contributed by atoms with Gasteiger partial charge in [-0.1, -0.05) is 6.07 Å². The van der Waals surface area contributed by atoms with Crippen LogP contribution in [0, 0.1) is 0 Å². The number of rotatable bonds is 4. The smallest absolute Gasteiger partial charge is 0.255 e. The van der Waals surface area contributed by atoms with Gasteiger partial charge in [-0.2, -0.15) is 0 Å². The molecule has 4 N–H and O–H groups in total. The summed E-state index contributed by atoms with van der Waals surface area (Å²) >= 11 is 3.27. The van der Waals surface area contributed by atoms with E-state index in [9.17, 15) is 4.79 Å². The predicted octanol–water partition coefficient (Wildman–Crippen LogP) is 1.45. The zero-order chi connectivity index (χ0) is 13.7. The number of pyridine rings is 2. The Labute approximate surface area is 118 Å². The number of nitrogens with two attached hydrogens (primary N) is 1. The van der Waals surface area contributed by atoms with Gasteiger partial charge in [-0.3, -0.25) is 9.78 Å². The molecule has 0 unspecified atom stereocenters. The summed E-state index contributed by atoms with van der Waals surface area (Å²) in [5.74, 6) is 5.38. The molecule has 0 aliphatic rings. The van der Waals surface area contributed by atoms with E-state index in [1.165, 1.54) is 0 Å². The van der Waals surface area contributed by atoms with Crippen molar-refractivity contribution in [3.63, 3.8) is 0 Å². The summed E-state index contributed by atoms with van der Waals surface area (Å²) in [6.07, 6.45) is 3.24. The molecule has 2 rings (SSSR count). The number of aromatic nitrogens is 2. The van der Waals surface area contributed by atoms with Crippen molar-refractivity contribution < 1.29 is 4.79 Å². The van der Waals surface area contributed by atoms with Crippen molar-refractivity contribution in [3.05, 3.63) is 52.4 Å². The van der Waals surface area contributed by atoms with Crippen LogP contribution in [0.4, 0.5) is 5.82 Å². The Bertz CT molecular complexity index is 576. The first-order chi connectivity index (χ1) is 9.20. The maximum Gasteiger partial charge on any atom is 0.255 e. The van der Waals surface area contributed by atoms with Crippen molar-refractivity contribution >= 4 is 27.7 Å². The zero-order valence-corrected chi connectivity index (χ0v) is 11.5. The third-order valence-corrected chi connectivity index (χ3v) is 2.83. The summed E-state index contributed by atoms with van der Waals surface area (Å²) in [6, 6.07) is 7.17. The summed E-state index contributed by atoms with van der Waals surface area (Å²) in [5.41, 5.74) is 3.54. The van der Waals surface area contributed by atoms with Crippen LogP contribution in [0.2, 0.25) is 0 Å². The monoisotopic (exact) mass is 321 g/mol. The Morgan fingerprint density at radius 3 is 2.89 bits per heavy atom. The minimum atomic E-state index is -0.271. The Morgan fingerprint density at radius 1 is 1.37 bits per heavy atom. The fourth-order valence-electron chi connectivity index (χ4n) is 1.50. The third-order valence-electron chi connectivity index (χ3n) is 2.39. The van der Waals surface area contributed by atoms with E-state index in [1.807, 2.05) is 18.2 Å². The molecule has 0 atom stereocenters. The number of hydrazine groups is 1. The number of carbonyl (C=O) groups is 1. The number of amides is 1. The molecule has 98 valence electrons. The van der Waals surface area contributed by atoms with Gasteiger partial charge in [-0.05, 0) is 34.1 Å². The van der Waals surface area contributed by atoms with Crippen LogP contribution in [0.3, 0.4) is 0 Å². The number of carbonyl (C=O) groups excluding carboxylic acids is 1. The first kappa shape index (κ1) is 13.4. The van der Waals surface area contributed by atoms with Crippen molar-refractivity contribution in [2.75, 3.05) is 5.43 Å². The first-order valence-electron chi connectivity index (χ1n) is 5.51. The van der Waals surface area contributed by atoms with E-state index in [4.69, 9.17) is 5.84 Å². The van der Waals surface area contributed by atoms with E-state index >= 15 is 0 Å². The van der Waals surface area contributed by atoms with Gasteiger partial charge in [0.25, 0.3) is 5.91 Å². The number of nitrogen functional groups attached to an aromatic ring is 1. The topological polar surface area (TPSA) is 92.9 Å². The summed E-state index contributed by atoms with van der Waals surface area (Å²) in [6.45, 7) is 0.343. The second-order valence-electron chi connectivity index (χ2n) is 3.70. The summed E-state index contributed by atoms with van der Waals surface area (Å²) in [5, 5.41) is 2.76. The fraction of sp³-hybridized carbons (Fsp3) is 0.0833. The molecule has 0 radical (unpaired) electrons. The molecule has 0 spiro atoms. The molecule has 7 heteroatoms. The summed E-state index contributed by atoms with van der Waals surface area (Å²) in [4.78, 5) is 20.2. The van der Waals surface area contributed by atoms with Gasteiger partial charge in [-0.25, -0.2) is 10.8 Å². The molecule has 0 saturated heterocycles. The molecular weight excluding hydrogens is 310 g/mol. The molecule has 0 aliphatic carbocycles. The molecule has 2 aromatic rings. The summed E-state index contributed by atoms with van der Waals surface area (Å²) < 4.78 is 0.703. The highest BCUT2D eigenvalue weighted by atomic mass is 79.9. The van der Waals surface area contributed by atoms with Crippen molar-refractivity contribution in [2.45, 2.75) is 6.54 Å². The number of nitrogens with zero attached hydrogens (tertiary/aromatic N) is 2. The van der Waals surface area contributed by atoms with Gasteiger partial charge in [-0.15, -0.1) is 0 Å². The van der Waals surface area contributed by atoms with Crippen LogP contribution in [0.1, 0.15) is 16.1 Å². The standard InChI is InChI=1S/C12H12BrN5O/c13-8-5-10(11(18-14)16-6-8)12(19)17-7-9-3-1-2-4-15-9/h1-6H,7,14H2,(H,16,18)(H,17,19). The van der Waals surface area contributed by atoms with Crippen LogP contribution in [0.25, 0.3) is 0 Å². The predicted molar refractivity (Wildman–Crippen MR) is 75.2 cm³/mol. The lowest BCUT2D eigenvalue weighted by Crippen LogP contribution is -2.25. The number of hydrogen-bond donors (Lipinski definition) is 3. The third kappa shape index (κ3) is 3.49. The van der Waals surface area contributed by atoms with E-state index in [1.54, 1.807) is 18.5 Å². The molecule has 0 fully saturated rings. The average molecular weight is 322 g/mol. The van der Waals surface area contributed by atoms with Crippen molar-refractivity contribution in [1.29, 1.82) is 0 Å². The molecular formula is C12H12BrN5O. The number of anilines is 1. The van der Waals surface area contributed by atoms with E-state index in [0.29, 0.717) is 22.4 Å². The van der Waals surface area contributed by atoms with Gasteiger partial charge in [0.1, 0.15) is 0 Å². The van der Waals surface area contributed by atoms with Gasteiger partial charge in [0.05, 0.1) is 17.8 Å². The molecule has 0 bridgehead atoms. The number of hydrogen-bond acceptors (Lipinski definition) is 5. The Kier molecular flexibility index (Phi) is 4.43. The highest BCUT2D eigenvalue weighted by Crippen LogP contribution is 2.17. The molecule has 0 aliphatic heterocycles. The van der Waals surface area contributed by atoms with Crippen molar-refractivity contribution in [2.24, 2.45) is 5.84 Å². The number of nitrogens with one attached hydrogen (secondary N) is 2. The van der Waals surface area contributed by atoms with Crippen molar-refractivity contribution in [3.8, 4) is 0 Å². The maximum atomic E-state index is 12.1. The van der Waals surface area contributed by atoms with E-state index in [0.717, 1.165) is 5.69 Å². The number of halogens is 1. The van der Waals surface area contributed by atoms with Crippen LogP contribution >= 0.6 is 15.9 Å². The maximum absolute atomic E-state index is 12.1. The van der Waals surface area contributed by atoms with Gasteiger partial charge in [0.15, 0.2) is 5.82 Å². The van der Waals surface area contributed by atoms with E-state index in [-0.39, 0.29) is 5.91 Å². The van der Waals surface area contributed by atoms with E-state index in [2.05, 4.69) is 36.6 Å². The van der Waals surface area contributed by atoms with Gasteiger partial charge in [0.2, 0.25) is 0 Å². The quantitative estimate of drug-likeness (QED) is 0.585. The minimum Gasteiger partial charge on any atom is -0.346 e. The Balaban J connectivity index is 2.10. The van der Waals surface area contributed by atoms with Gasteiger partial charge in [0, 0.05) is 16.9 Å². The van der Waals surface area contributed by atoms with Gasteiger partial charge < -0.3 is 10.7 Å². The van der Waals surface area contributed by atoms with Crippen LogP contribution in [-0.2, 0) is 6.54 Å². The van der Waals surface area contributed by atoms with E-state index < -0.39 is 0 Å². The Hall–Kier alpha value is -1.99. The molecule has 0 saturated carbocycles. The first-order valence-corrected chi connectivity index (χ1v) is 6.30. The zero-order valence-electron chi connectivity index (χ0n) is 9.93. The molecule has 2 aromatic heterocycles. The summed E-state index contributed by atoms with van der Waals surface area (Å²) in [7, 11) is 0. The lowest BCUT2D eigenvalue weighted by atomic mass is 10.2. The lowest BCUT2D eigenvalue weighted by molar-refractivity contribution is 0.0951. The fourth-order valence-corrected chi connectivity index (χ4v) is 1.83. The van der Waals surface area contributed by atoms with Crippen LogP contribution in [0.15, 0.2) is 41.1 Å². The van der Waals surface area contributed by atoms with Crippen LogP contribution < -0.4 is 16.6 Å². The highest BCUT2D eigenvalue weighted by molar-refractivity contribution is 9.10. The van der Waals surface area contributed by atoms with Gasteiger partial charge >= 0.3 is 0 Å². The largest absolute Gasteiger partial charge is 0.346 e. The molecule has 1 amide bonds. The van der Waals surface area contributed by atoms with Crippen molar-refractivity contribution in [1.82, 2.24) is 15.3 Å². The molecule has 6 nitrogen and oxygen atoms in total. The van der Waals surface area contributed by atoms with Crippen LogP contribution in [0.5, 0.6) is 0 Å². The molecule has 19 heavy (non-hydrogen) atoms. The highest BCUT2D eigenvalue weighted by Gasteiger charge is 2.12. The lowest BCUT2D eigenvalue weighted by Gasteiger charge is -2.09. The normalized spacial score (nSPS) is 10.0. The Morgan fingerprint density at radius 2 is 2.21 bits per heavy atom. The SMILES string of the molecule is NNc1ncc(Br)cc1C(=O)NCc1ccccn1. The van der Waals surface area contributed by atoms with Crippen LogP contribution in [-0.4, -0.2) is 15.9 Å². The second-order valence-corrected chi connectivity index (χ2v) is 4.61. The second kappa shape index (κ2) is 6.26. The minimum absolute atomic E-state index is 0.271. The molecule has 2 heterocycles. The average Bonchev–Trinajstić information content (AvgIpc) is 2.46.